The number of benzene rings is 1. The number of halogens is 1. The molecule has 0 saturated carbocycles. The standard InChI is InChI=1S/C21H20ClN3O/c1-13-20(25(2)12-24-13)21(11-26-21)18-8-15-4-3-7-23-19(15)9-14-5-6-16(22)10-17(14)18/h3-8,10,12,19,23H,9,11H2,1-2H3. The van der Waals surface area contributed by atoms with Crippen LogP contribution in [0.25, 0.3) is 5.57 Å². The molecular weight excluding hydrogens is 346 g/mol. The zero-order valence-corrected chi connectivity index (χ0v) is 15.5. The maximum atomic E-state index is 6.38. The highest BCUT2D eigenvalue weighted by molar-refractivity contribution is 6.30. The fourth-order valence-corrected chi connectivity index (χ4v) is 4.43. The van der Waals surface area contributed by atoms with Gasteiger partial charge < -0.3 is 14.6 Å². The topological polar surface area (TPSA) is 42.4 Å². The van der Waals surface area contributed by atoms with E-state index >= 15 is 0 Å². The molecule has 2 aliphatic heterocycles. The smallest absolute Gasteiger partial charge is 0.159 e. The molecule has 1 fully saturated rings. The van der Waals surface area contributed by atoms with E-state index in [4.69, 9.17) is 16.3 Å². The fourth-order valence-electron chi connectivity index (χ4n) is 4.26. The Hall–Kier alpha value is -2.30. The van der Waals surface area contributed by atoms with Gasteiger partial charge in [-0.15, -0.1) is 0 Å². The van der Waals surface area contributed by atoms with Gasteiger partial charge in [-0.1, -0.05) is 23.7 Å². The van der Waals surface area contributed by atoms with Crippen molar-refractivity contribution in [3.05, 3.63) is 82.1 Å². The average molecular weight is 366 g/mol. The van der Waals surface area contributed by atoms with Crippen LogP contribution in [-0.2, 0) is 23.8 Å². The number of imidazole rings is 1. The Morgan fingerprint density at radius 2 is 2.23 bits per heavy atom. The van der Waals surface area contributed by atoms with Crippen LogP contribution >= 0.6 is 11.6 Å². The second kappa shape index (κ2) is 5.60. The number of aromatic nitrogens is 2. The van der Waals surface area contributed by atoms with Crippen molar-refractivity contribution in [2.45, 2.75) is 25.0 Å². The number of hydrogen-bond acceptors (Lipinski definition) is 3. The lowest BCUT2D eigenvalue weighted by atomic mass is 9.86. The van der Waals surface area contributed by atoms with Gasteiger partial charge in [0.1, 0.15) is 0 Å². The van der Waals surface area contributed by atoms with Crippen LogP contribution < -0.4 is 5.32 Å². The second-order valence-corrected chi connectivity index (χ2v) is 7.65. The van der Waals surface area contributed by atoms with Gasteiger partial charge in [0.15, 0.2) is 5.60 Å². The van der Waals surface area contributed by atoms with Crippen molar-refractivity contribution < 1.29 is 4.74 Å². The SMILES string of the molecule is Cc1ncn(C)c1C1(C2=CC3=CC=CNC3Cc3ccc(Cl)cc32)CO1. The van der Waals surface area contributed by atoms with Crippen molar-refractivity contribution in [3.63, 3.8) is 0 Å². The molecule has 2 unspecified atom stereocenters. The van der Waals surface area contributed by atoms with Crippen molar-refractivity contribution in [1.82, 2.24) is 14.9 Å². The van der Waals surface area contributed by atoms with E-state index in [-0.39, 0.29) is 6.04 Å². The molecule has 0 amide bonds. The summed E-state index contributed by atoms with van der Waals surface area (Å²) in [5, 5.41) is 4.23. The molecule has 132 valence electrons. The van der Waals surface area contributed by atoms with E-state index in [0.29, 0.717) is 6.61 Å². The lowest BCUT2D eigenvalue weighted by Crippen LogP contribution is -2.29. The zero-order chi connectivity index (χ0) is 17.9. The molecule has 3 heterocycles. The molecule has 1 saturated heterocycles. The molecule has 26 heavy (non-hydrogen) atoms. The Kier molecular flexibility index (Phi) is 3.43. The van der Waals surface area contributed by atoms with Crippen molar-refractivity contribution in [3.8, 4) is 0 Å². The lowest BCUT2D eigenvalue weighted by Gasteiger charge is -2.20. The Labute approximate surface area is 157 Å². The molecule has 2 atom stereocenters. The number of rotatable bonds is 2. The minimum absolute atomic E-state index is 0.265. The molecule has 1 aliphatic carbocycles. The third kappa shape index (κ3) is 2.29. The first-order chi connectivity index (χ1) is 12.6. The quantitative estimate of drug-likeness (QED) is 0.826. The number of nitrogens with one attached hydrogen (secondary N) is 1. The van der Waals surface area contributed by atoms with Gasteiger partial charge in [0.2, 0.25) is 0 Å². The first-order valence-electron chi connectivity index (χ1n) is 8.84. The van der Waals surface area contributed by atoms with Gasteiger partial charge >= 0.3 is 0 Å². The number of allylic oxidation sites excluding steroid dienone is 2. The monoisotopic (exact) mass is 365 g/mol. The Morgan fingerprint density at radius 1 is 1.38 bits per heavy atom. The van der Waals surface area contributed by atoms with E-state index in [2.05, 4.69) is 45.2 Å². The normalized spacial score (nSPS) is 26.2. The van der Waals surface area contributed by atoms with Crippen LogP contribution in [0.5, 0.6) is 0 Å². The first-order valence-corrected chi connectivity index (χ1v) is 9.22. The number of ether oxygens (including phenoxy) is 1. The molecule has 0 radical (unpaired) electrons. The fraction of sp³-hybridized carbons (Fsp3) is 0.286. The largest absolute Gasteiger partial charge is 0.384 e. The number of fused-ring (bicyclic) bond motifs is 2. The third-order valence-electron chi connectivity index (χ3n) is 5.55. The zero-order valence-electron chi connectivity index (χ0n) is 14.8. The summed E-state index contributed by atoms with van der Waals surface area (Å²) in [6, 6.07) is 6.45. The minimum Gasteiger partial charge on any atom is -0.384 e. The summed E-state index contributed by atoms with van der Waals surface area (Å²) >= 11 is 6.38. The van der Waals surface area contributed by atoms with E-state index < -0.39 is 5.60 Å². The summed E-state index contributed by atoms with van der Waals surface area (Å²) in [5.41, 5.74) is 6.57. The van der Waals surface area contributed by atoms with Gasteiger partial charge in [0.25, 0.3) is 0 Å². The minimum atomic E-state index is -0.453. The van der Waals surface area contributed by atoms with Crippen LogP contribution in [0.1, 0.15) is 22.5 Å². The summed E-state index contributed by atoms with van der Waals surface area (Å²) < 4.78 is 8.21. The molecule has 1 aromatic heterocycles. The second-order valence-electron chi connectivity index (χ2n) is 7.21. The molecule has 2 aromatic rings. The maximum absolute atomic E-state index is 6.38. The molecule has 0 bridgehead atoms. The van der Waals surface area contributed by atoms with Crippen LogP contribution in [0, 0.1) is 6.92 Å². The summed E-state index contributed by atoms with van der Waals surface area (Å²) in [7, 11) is 2.03. The lowest BCUT2D eigenvalue weighted by molar-refractivity contribution is 0.354. The highest BCUT2D eigenvalue weighted by Crippen LogP contribution is 2.52. The Bertz CT molecular complexity index is 975. The van der Waals surface area contributed by atoms with Gasteiger partial charge in [-0.25, -0.2) is 4.98 Å². The van der Waals surface area contributed by atoms with Crippen LogP contribution in [0.2, 0.25) is 5.02 Å². The van der Waals surface area contributed by atoms with Crippen molar-refractivity contribution >= 4 is 17.2 Å². The van der Waals surface area contributed by atoms with E-state index in [1.807, 2.05) is 32.6 Å². The van der Waals surface area contributed by atoms with Crippen molar-refractivity contribution in [2.75, 3.05) is 6.61 Å². The summed E-state index contributed by atoms with van der Waals surface area (Å²) in [6.07, 6.45) is 11.3. The van der Waals surface area contributed by atoms with Crippen LogP contribution in [0.15, 0.2) is 54.5 Å². The number of epoxide rings is 1. The van der Waals surface area contributed by atoms with E-state index in [1.165, 1.54) is 22.3 Å². The van der Waals surface area contributed by atoms with Crippen LogP contribution in [-0.4, -0.2) is 22.2 Å². The number of hydrogen-bond donors (Lipinski definition) is 1. The van der Waals surface area contributed by atoms with Gasteiger partial charge in [-0.2, -0.15) is 0 Å². The first kappa shape index (κ1) is 15.9. The molecule has 5 heteroatoms. The third-order valence-corrected chi connectivity index (χ3v) is 5.79. The van der Waals surface area contributed by atoms with Crippen LogP contribution in [0.4, 0.5) is 0 Å². The highest BCUT2D eigenvalue weighted by Gasteiger charge is 2.54. The predicted octanol–water partition coefficient (Wildman–Crippen LogP) is 3.66. The number of aryl methyl sites for hydroxylation is 2. The Morgan fingerprint density at radius 3 is 2.96 bits per heavy atom. The van der Waals surface area contributed by atoms with Gasteiger partial charge in [-0.3, -0.25) is 0 Å². The summed E-state index contributed by atoms with van der Waals surface area (Å²) in [6.45, 7) is 2.70. The van der Waals surface area contributed by atoms with Gasteiger partial charge in [0, 0.05) is 17.6 Å². The van der Waals surface area contributed by atoms with Gasteiger partial charge in [0.05, 0.1) is 30.4 Å². The van der Waals surface area contributed by atoms with Crippen molar-refractivity contribution in [2.24, 2.45) is 7.05 Å². The number of dihydropyridines is 1. The number of nitrogens with zero attached hydrogens (tertiary/aromatic N) is 2. The molecule has 3 aliphatic rings. The molecule has 4 nitrogen and oxygen atoms in total. The average Bonchev–Trinajstić information content (AvgIpc) is 3.37. The van der Waals surface area contributed by atoms with E-state index in [9.17, 15) is 0 Å². The highest BCUT2D eigenvalue weighted by atomic mass is 35.5. The van der Waals surface area contributed by atoms with Gasteiger partial charge in [-0.05, 0) is 60.5 Å². The molecule has 1 N–H and O–H groups in total. The summed E-state index contributed by atoms with van der Waals surface area (Å²) in [5.74, 6) is 0. The maximum Gasteiger partial charge on any atom is 0.159 e. The Balaban J connectivity index is 1.76. The predicted molar refractivity (Wildman–Crippen MR) is 103 cm³/mol. The summed E-state index contributed by atoms with van der Waals surface area (Å²) in [4.78, 5) is 4.49. The molecule has 0 spiro atoms. The molecule has 5 rings (SSSR count). The van der Waals surface area contributed by atoms with Crippen LogP contribution in [0.3, 0.4) is 0 Å². The molecule has 1 aromatic carbocycles. The molecular formula is C21H20ClN3O. The van der Waals surface area contributed by atoms with E-state index in [1.54, 1.807) is 0 Å². The van der Waals surface area contributed by atoms with Crippen molar-refractivity contribution in [1.29, 1.82) is 0 Å². The van der Waals surface area contributed by atoms with E-state index in [0.717, 1.165) is 22.8 Å².